The molecule has 120 valence electrons. The van der Waals surface area contributed by atoms with Crippen LogP contribution in [0.1, 0.15) is 35.8 Å². The lowest BCUT2D eigenvalue weighted by atomic mass is 10.1. The van der Waals surface area contributed by atoms with Gasteiger partial charge in [-0.1, -0.05) is 41.9 Å². The SMILES string of the molecule is CC(=O)c1ccccc1NC(=O)C[NH2+][C@@H](C)c1ccccc1Cl. The molecule has 0 heterocycles. The largest absolute Gasteiger partial charge is 0.332 e. The quantitative estimate of drug-likeness (QED) is 0.799. The van der Waals surface area contributed by atoms with Gasteiger partial charge in [0.15, 0.2) is 12.3 Å². The maximum atomic E-state index is 12.1. The van der Waals surface area contributed by atoms with Gasteiger partial charge in [-0.25, -0.2) is 0 Å². The molecule has 2 rings (SSSR count). The van der Waals surface area contributed by atoms with Crippen LogP contribution in [0, 0.1) is 0 Å². The molecule has 0 saturated carbocycles. The highest BCUT2D eigenvalue weighted by molar-refractivity contribution is 6.31. The Morgan fingerprint density at radius 2 is 1.78 bits per heavy atom. The number of hydrogen-bond acceptors (Lipinski definition) is 2. The van der Waals surface area contributed by atoms with Crippen LogP contribution in [0.25, 0.3) is 0 Å². The number of anilines is 1. The summed E-state index contributed by atoms with van der Waals surface area (Å²) in [6.07, 6.45) is 0. The van der Waals surface area contributed by atoms with Crippen molar-refractivity contribution in [3.05, 3.63) is 64.7 Å². The maximum Gasteiger partial charge on any atom is 0.279 e. The number of Topliss-reactive ketones (excluding diaryl/α,β-unsaturated/α-hetero) is 1. The summed E-state index contributed by atoms with van der Waals surface area (Å²) in [5.74, 6) is -0.230. The van der Waals surface area contributed by atoms with Gasteiger partial charge in [0.1, 0.15) is 6.04 Å². The van der Waals surface area contributed by atoms with E-state index in [9.17, 15) is 9.59 Å². The fourth-order valence-electron chi connectivity index (χ4n) is 2.36. The molecule has 0 spiro atoms. The Kier molecular flexibility index (Phi) is 5.90. The molecule has 0 unspecified atom stereocenters. The number of ketones is 1. The molecule has 0 bridgehead atoms. The third-order valence-electron chi connectivity index (χ3n) is 3.63. The van der Waals surface area contributed by atoms with Crippen molar-refractivity contribution >= 4 is 29.0 Å². The smallest absolute Gasteiger partial charge is 0.279 e. The van der Waals surface area contributed by atoms with Crippen LogP contribution in [-0.2, 0) is 4.79 Å². The molecule has 2 aromatic rings. The van der Waals surface area contributed by atoms with Crippen LogP contribution in [-0.4, -0.2) is 18.2 Å². The summed E-state index contributed by atoms with van der Waals surface area (Å²) in [7, 11) is 0. The minimum atomic E-state index is -0.155. The van der Waals surface area contributed by atoms with Crippen molar-refractivity contribution in [2.75, 3.05) is 11.9 Å². The Morgan fingerprint density at radius 1 is 1.13 bits per heavy atom. The second-order valence-corrected chi connectivity index (χ2v) is 5.81. The minimum absolute atomic E-state index is 0.0671. The molecule has 0 aromatic heterocycles. The van der Waals surface area contributed by atoms with Crippen LogP contribution >= 0.6 is 11.6 Å². The predicted molar refractivity (Wildman–Crippen MR) is 91.7 cm³/mol. The summed E-state index contributed by atoms with van der Waals surface area (Å²) in [6.45, 7) is 3.73. The lowest BCUT2D eigenvalue weighted by Gasteiger charge is -2.13. The van der Waals surface area contributed by atoms with Crippen LogP contribution in [0.3, 0.4) is 0 Å². The highest BCUT2D eigenvalue weighted by Crippen LogP contribution is 2.19. The number of nitrogens with two attached hydrogens (primary N) is 1. The van der Waals surface area contributed by atoms with Gasteiger partial charge in [-0.2, -0.15) is 0 Å². The van der Waals surface area contributed by atoms with Gasteiger partial charge < -0.3 is 10.6 Å². The first-order valence-corrected chi connectivity index (χ1v) is 7.84. The fourth-order valence-corrected chi connectivity index (χ4v) is 2.66. The number of amides is 1. The number of nitrogens with one attached hydrogen (secondary N) is 1. The predicted octanol–water partition coefficient (Wildman–Crippen LogP) is 2.81. The second-order valence-electron chi connectivity index (χ2n) is 5.40. The van der Waals surface area contributed by atoms with E-state index in [4.69, 9.17) is 11.6 Å². The van der Waals surface area contributed by atoms with Gasteiger partial charge in [0, 0.05) is 16.1 Å². The molecule has 0 aliphatic heterocycles. The van der Waals surface area contributed by atoms with Gasteiger partial charge in [0.05, 0.1) is 5.69 Å². The molecule has 0 fully saturated rings. The molecule has 0 aliphatic carbocycles. The first-order valence-electron chi connectivity index (χ1n) is 7.46. The van der Waals surface area contributed by atoms with Crippen molar-refractivity contribution < 1.29 is 14.9 Å². The molecule has 0 saturated heterocycles. The number of para-hydroxylation sites is 1. The van der Waals surface area contributed by atoms with Gasteiger partial charge in [-0.15, -0.1) is 0 Å². The summed E-state index contributed by atoms with van der Waals surface area (Å²) in [6, 6.07) is 14.7. The van der Waals surface area contributed by atoms with Gasteiger partial charge >= 0.3 is 0 Å². The van der Waals surface area contributed by atoms with Gasteiger partial charge in [-0.05, 0) is 32.0 Å². The van der Waals surface area contributed by atoms with E-state index in [2.05, 4.69) is 5.32 Å². The minimum Gasteiger partial charge on any atom is -0.332 e. The first kappa shape index (κ1) is 17.2. The Balaban J connectivity index is 1.96. The molecule has 23 heavy (non-hydrogen) atoms. The van der Waals surface area contributed by atoms with E-state index >= 15 is 0 Å². The zero-order valence-corrected chi connectivity index (χ0v) is 13.9. The van der Waals surface area contributed by atoms with Crippen LogP contribution in [0.4, 0.5) is 5.69 Å². The monoisotopic (exact) mass is 331 g/mol. The number of rotatable bonds is 6. The topological polar surface area (TPSA) is 62.8 Å². The van der Waals surface area contributed by atoms with Gasteiger partial charge in [0.2, 0.25) is 0 Å². The van der Waals surface area contributed by atoms with E-state index in [-0.39, 0.29) is 24.3 Å². The van der Waals surface area contributed by atoms with Crippen molar-refractivity contribution in [1.82, 2.24) is 0 Å². The average Bonchev–Trinajstić information content (AvgIpc) is 2.53. The number of halogens is 1. The molecule has 3 N–H and O–H groups in total. The van der Waals surface area contributed by atoms with Crippen LogP contribution in [0.5, 0.6) is 0 Å². The molecule has 0 radical (unpaired) electrons. The van der Waals surface area contributed by atoms with Crippen LogP contribution in [0.15, 0.2) is 48.5 Å². The van der Waals surface area contributed by atoms with E-state index in [0.717, 1.165) is 5.56 Å². The molecule has 2 aromatic carbocycles. The van der Waals surface area contributed by atoms with E-state index < -0.39 is 0 Å². The van der Waals surface area contributed by atoms with Crippen LogP contribution < -0.4 is 10.6 Å². The molecule has 1 amide bonds. The summed E-state index contributed by atoms with van der Waals surface area (Å²) in [4.78, 5) is 23.7. The Hall–Kier alpha value is -2.17. The lowest BCUT2D eigenvalue weighted by molar-refractivity contribution is -0.682. The fraction of sp³-hybridized carbons (Fsp3) is 0.222. The normalized spacial score (nSPS) is 11.8. The highest BCUT2D eigenvalue weighted by Gasteiger charge is 2.15. The zero-order valence-electron chi connectivity index (χ0n) is 13.2. The summed E-state index contributed by atoms with van der Waals surface area (Å²) in [5.41, 5.74) is 2.05. The first-order chi connectivity index (χ1) is 11.0. The molecule has 0 aliphatic rings. The maximum absolute atomic E-state index is 12.1. The third kappa shape index (κ3) is 4.65. The second kappa shape index (κ2) is 7.90. The highest BCUT2D eigenvalue weighted by atomic mass is 35.5. The Bertz CT molecular complexity index is 716. The van der Waals surface area contributed by atoms with Crippen molar-refractivity contribution in [1.29, 1.82) is 0 Å². The Labute approximate surface area is 140 Å². The average molecular weight is 332 g/mol. The third-order valence-corrected chi connectivity index (χ3v) is 3.98. The molecular weight excluding hydrogens is 312 g/mol. The zero-order chi connectivity index (χ0) is 16.8. The summed E-state index contributed by atoms with van der Waals surface area (Å²) >= 11 is 6.16. The number of quaternary nitrogens is 1. The van der Waals surface area contributed by atoms with E-state index in [1.807, 2.05) is 36.5 Å². The number of carbonyl (C=O) groups is 2. The van der Waals surface area contributed by atoms with E-state index in [0.29, 0.717) is 16.3 Å². The molecule has 5 heteroatoms. The van der Waals surface area contributed by atoms with Crippen molar-refractivity contribution in [2.45, 2.75) is 19.9 Å². The standard InChI is InChI=1S/C18H19ClN2O2/c1-12(14-7-3-5-9-16(14)19)20-11-18(23)21-17-10-6-4-8-15(17)13(2)22/h3-10,12,20H,11H2,1-2H3,(H,21,23)/p+1/t12-/m0/s1. The van der Waals surface area contributed by atoms with Crippen molar-refractivity contribution in [3.8, 4) is 0 Å². The number of benzene rings is 2. The number of hydrogen-bond donors (Lipinski definition) is 2. The van der Waals surface area contributed by atoms with E-state index in [1.54, 1.807) is 24.3 Å². The van der Waals surface area contributed by atoms with E-state index in [1.165, 1.54) is 6.92 Å². The molecular formula is C18H20ClN2O2+. The Morgan fingerprint density at radius 3 is 2.48 bits per heavy atom. The number of carbonyl (C=O) groups excluding carboxylic acids is 2. The summed E-state index contributed by atoms with van der Waals surface area (Å²) < 4.78 is 0. The molecule has 1 atom stereocenters. The summed E-state index contributed by atoms with van der Waals surface area (Å²) in [5, 5.41) is 5.39. The van der Waals surface area contributed by atoms with Gasteiger partial charge in [0.25, 0.3) is 5.91 Å². The van der Waals surface area contributed by atoms with Gasteiger partial charge in [-0.3, -0.25) is 9.59 Å². The van der Waals surface area contributed by atoms with Crippen LogP contribution in [0.2, 0.25) is 5.02 Å². The lowest BCUT2D eigenvalue weighted by Crippen LogP contribution is -2.86. The molecule has 4 nitrogen and oxygen atoms in total. The van der Waals surface area contributed by atoms with Crippen molar-refractivity contribution in [3.63, 3.8) is 0 Å². The van der Waals surface area contributed by atoms with Crippen molar-refractivity contribution in [2.24, 2.45) is 0 Å².